The van der Waals surface area contributed by atoms with Crippen LogP contribution < -0.4 is 9.46 Å². The highest BCUT2D eigenvalue weighted by atomic mass is 35.5. The fraction of sp³-hybridized carbons (Fsp3) is 0.250. The summed E-state index contributed by atoms with van der Waals surface area (Å²) in [6, 6.07) is 5.03. The molecule has 1 aromatic carbocycles. The van der Waals surface area contributed by atoms with Crippen LogP contribution in [-0.2, 0) is 23.6 Å². The van der Waals surface area contributed by atoms with Crippen LogP contribution in [0.4, 0.5) is 0 Å². The normalized spacial score (nSPS) is 11.6. The first-order valence-corrected chi connectivity index (χ1v) is 7.59. The van der Waals surface area contributed by atoms with Gasteiger partial charge in [0.2, 0.25) is 10.0 Å². The van der Waals surface area contributed by atoms with Gasteiger partial charge in [0, 0.05) is 30.4 Å². The molecule has 2 aromatic rings. The van der Waals surface area contributed by atoms with E-state index in [-0.39, 0.29) is 11.4 Å². The van der Waals surface area contributed by atoms with E-state index in [1.807, 2.05) is 0 Å². The predicted molar refractivity (Wildman–Crippen MR) is 75.2 cm³/mol. The van der Waals surface area contributed by atoms with Crippen molar-refractivity contribution in [3.8, 4) is 5.75 Å². The summed E-state index contributed by atoms with van der Waals surface area (Å²) in [5, 5.41) is 4.37. The van der Waals surface area contributed by atoms with Gasteiger partial charge in [0.25, 0.3) is 0 Å². The molecule has 0 unspecified atom stereocenters. The maximum absolute atomic E-state index is 12.1. The molecule has 20 heavy (non-hydrogen) atoms. The number of rotatable bonds is 5. The second-order valence-corrected chi connectivity index (χ2v) is 6.33. The van der Waals surface area contributed by atoms with Crippen molar-refractivity contribution in [2.24, 2.45) is 7.05 Å². The van der Waals surface area contributed by atoms with E-state index in [2.05, 4.69) is 9.82 Å². The summed E-state index contributed by atoms with van der Waals surface area (Å²) in [6.45, 7) is 0.109. The predicted octanol–water partition coefficient (Wildman–Crippen LogP) is 1.56. The Bertz CT molecular complexity index is 712. The average Bonchev–Trinajstić information content (AvgIpc) is 2.84. The van der Waals surface area contributed by atoms with Gasteiger partial charge < -0.3 is 4.74 Å². The standard InChI is InChI=1S/C12H14ClN3O3S/c1-16-8-11(7-14-16)20(17,18)15-6-9-3-4-10(13)5-12(9)19-2/h3-5,7-8,15H,6H2,1-2H3. The van der Waals surface area contributed by atoms with E-state index in [9.17, 15) is 8.42 Å². The molecular formula is C12H14ClN3O3S. The zero-order valence-electron chi connectivity index (χ0n) is 11.0. The lowest BCUT2D eigenvalue weighted by Gasteiger charge is -2.09. The maximum atomic E-state index is 12.1. The summed E-state index contributed by atoms with van der Waals surface area (Å²) in [7, 11) is -0.436. The van der Waals surface area contributed by atoms with E-state index in [1.165, 1.54) is 24.2 Å². The molecule has 1 aromatic heterocycles. The Morgan fingerprint density at radius 3 is 2.80 bits per heavy atom. The quantitative estimate of drug-likeness (QED) is 0.908. The molecule has 8 heteroatoms. The molecule has 1 heterocycles. The van der Waals surface area contributed by atoms with Crippen LogP contribution in [0.3, 0.4) is 0 Å². The van der Waals surface area contributed by atoms with Gasteiger partial charge in [-0.1, -0.05) is 17.7 Å². The van der Waals surface area contributed by atoms with Crippen LogP contribution in [0.15, 0.2) is 35.5 Å². The van der Waals surface area contributed by atoms with Gasteiger partial charge >= 0.3 is 0 Å². The number of hydrogen-bond donors (Lipinski definition) is 1. The average molecular weight is 316 g/mol. The number of aromatic nitrogens is 2. The Kier molecular flexibility index (Phi) is 4.32. The van der Waals surface area contributed by atoms with Crippen LogP contribution in [0.1, 0.15) is 5.56 Å². The van der Waals surface area contributed by atoms with Crippen molar-refractivity contribution in [1.82, 2.24) is 14.5 Å². The van der Waals surface area contributed by atoms with Crippen LogP contribution in [0.25, 0.3) is 0 Å². The number of aryl methyl sites for hydroxylation is 1. The molecule has 0 saturated carbocycles. The second-order valence-electron chi connectivity index (χ2n) is 4.13. The fourth-order valence-electron chi connectivity index (χ4n) is 1.66. The maximum Gasteiger partial charge on any atom is 0.243 e. The van der Waals surface area contributed by atoms with E-state index >= 15 is 0 Å². The molecule has 2 rings (SSSR count). The molecule has 0 bridgehead atoms. The van der Waals surface area contributed by atoms with Crippen LogP contribution in [-0.4, -0.2) is 25.3 Å². The molecule has 0 aliphatic rings. The largest absolute Gasteiger partial charge is 0.496 e. The minimum Gasteiger partial charge on any atom is -0.496 e. The van der Waals surface area contributed by atoms with Crippen molar-refractivity contribution >= 4 is 21.6 Å². The fourth-order valence-corrected chi connectivity index (χ4v) is 2.81. The third-order valence-corrected chi connectivity index (χ3v) is 4.28. The molecule has 6 nitrogen and oxygen atoms in total. The molecule has 1 N–H and O–H groups in total. The Morgan fingerprint density at radius 1 is 1.45 bits per heavy atom. The number of nitrogens with zero attached hydrogens (tertiary/aromatic N) is 2. The molecular weight excluding hydrogens is 302 g/mol. The SMILES string of the molecule is COc1cc(Cl)ccc1CNS(=O)(=O)c1cnn(C)c1. The van der Waals surface area contributed by atoms with E-state index in [1.54, 1.807) is 25.2 Å². The highest BCUT2D eigenvalue weighted by Gasteiger charge is 2.16. The number of benzene rings is 1. The first-order chi connectivity index (χ1) is 9.42. The van der Waals surface area contributed by atoms with Crippen molar-refractivity contribution in [3.63, 3.8) is 0 Å². The highest BCUT2D eigenvalue weighted by Crippen LogP contribution is 2.23. The lowest BCUT2D eigenvalue weighted by atomic mass is 10.2. The van der Waals surface area contributed by atoms with E-state index < -0.39 is 10.0 Å². The smallest absolute Gasteiger partial charge is 0.243 e. The summed E-state index contributed by atoms with van der Waals surface area (Å²) in [5.74, 6) is 0.534. The number of halogens is 1. The summed E-state index contributed by atoms with van der Waals surface area (Å²) < 4.78 is 33.2. The van der Waals surface area contributed by atoms with Crippen molar-refractivity contribution in [2.45, 2.75) is 11.4 Å². The summed E-state index contributed by atoms with van der Waals surface area (Å²) in [5.41, 5.74) is 0.698. The first-order valence-electron chi connectivity index (χ1n) is 5.73. The molecule has 0 atom stereocenters. The minimum absolute atomic E-state index is 0.109. The molecule has 0 aliphatic carbocycles. The lowest BCUT2D eigenvalue weighted by molar-refractivity contribution is 0.409. The Morgan fingerprint density at radius 2 is 2.20 bits per heavy atom. The molecule has 0 saturated heterocycles. The molecule has 0 fully saturated rings. The number of nitrogens with one attached hydrogen (secondary N) is 1. The lowest BCUT2D eigenvalue weighted by Crippen LogP contribution is -2.23. The van der Waals surface area contributed by atoms with Gasteiger partial charge in [0.05, 0.1) is 13.3 Å². The Labute approximate surface area is 122 Å². The van der Waals surface area contributed by atoms with Crippen LogP contribution in [0.5, 0.6) is 5.75 Å². The summed E-state index contributed by atoms with van der Waals surface area (Å²) in [4.78, 5) is 0.118. The van der Waals surface area contributed by atoms with Crippen molar-refractivity contribution < 1.29 is 13.2 Å². The summed E-state index contributed by atoms with van der Waals surface area (Å²) in [6.07, 6.45) is 2.73. The van der Waals surface area contributed by atoms with Gasteiger partial charge in [0.15, 0.2) is 0 Å². The second kappa shape index (κ2) is 5.82. The van der Waals surface area contributed by atoms with Gasteiger partial charge in [-0.15, -0.1) is 0 Å². The Hall–Kier alpha value is -1.57. The zero-order chi connectivity index (χ0) is 14.8. The van der Waals surface area contributed by atoms with E-state index in [4.69, 9.17) is 16.3 Å². The van der Waals surface area contributed by atoms with E-state index in [0.717, 1.165) is 0 Å². The third-order valence-electron chi connectivity index (χ3n) is 2.69. The molecule has 0 radical (unpaired) electrons. The minimum atomic E-state index is -3.59. The molecule has 108 valence electrons. The number of methoxy groups -OCH3 is 1. The molecule has 0 amide bonds. The Balaban J connectivity index is 2.16. The zero-order valence-corrected chi connectivity index (χ0v) is 12.6. The topological polar surface area (TPSA) is 73.2 Å². The van der Waals surface area contributed by atoms with Gasteiger partial charge in [-0.2, -0.15) is 5.10 Å². The van der Waals surface area contributed by atoms with Gasteiger partial charge in [-0.25, -0.2) is 13.1 Å². The highest BCUT2D eigenvalue weighted by molar-refractivity contribution is 7.89. The van der Waals surface area contributed by atoms with Crippen LogP contribution in [0, 0.1) is 0 Å². The number of hydrogen-bond acceptors (Lipinski definition) is 4. The monoisotopic (exact) mass is 315 g/mol. The van der Waals surface area contributed by atoms with Crippen molar-refractivity contribution in [2.75, 3.05) is 7.11 Å². The van der Waals surface area contributed by atoms with Gasteiger partial charge in [0.1, 0.15) is 10.6 Å². The van der Waals surface area contributed by atoms with Gasteiger partial charge in [-0.3, -0.25) is 4.68 Å². The van der Waals surface area contributed by atoms with Crippen molar-refractivity contribution in [3.05, 3.63) is 41.2 Å². The number of ether oxygens (including phenoxy) is 1. The first kappa shape index (κ1) is 14.8. The molecule has 0 spiro atoms. The van der Waals surface area contributed by atoms with Gasteiger partial charge in [-0.05, 0) is 12.1 Å². The summed E-state index contributed by atoms with van der Waals surface area (Å²) >= 11 is 5.85. The van der Waals surface area contributed by atoms with Crippen LogP contribution >= 0.6 is 11.6 Å². The third kappa shape index (κ3) is 3.30. The van der Waals surface area contributed by atoms with Crippen molar-refractivity contribution in [1.29, 1.82) is 0 Å². The van der Waals surface area contributed by atoms with E-state index in [0.29, 0.717) is 16.3 Å². The van der Waals surface area contributed by atoms with Crippen LogP contribution in [0.2, 0.25) is 5.02 Å². The number of sulfonamides is 1. The molecule has 0 aliphatic heterocycles.